The fourth-order valence-corrected chi connectivity index (χ4v) is 1.80. The molecule has 2 aliphatic rings. The van der Waals surface area contributed by atoms with Gasteiger partial charge < -0.3 is 15.4 Å². The van der Waals surface area contributed by atoms with Crippen molar-refractivity contribution in [1.82, 2.24) is 15.5 Å². The fourth-order valence-electron chi connectivity index (χ4n) is 1.80. The van der Waals surface area contributed by atoms with Crippen LogP contribution in [0.5, 0.6) is 0 Å². The first-order chi connectivity index (χ1) is 6.90. The molecule has 0 aromatic heterocycles. The second-order valence-corrected chi connectivity index (χ2v) is 3.50. The minimum Gasteiger partial charge on any atom is -0.497 e. The molecule has 4 heteroatoms. The third-order valence-corrected chi connectivity index (χ3v) is 2.62. The van der Waals surface area contributed by atoms with Crippen LogP contribution in [-0.4, -0.2) is 44.4 Å². The van der Waals surface area contributed by atoms with Crippen molar-refractivity contribution in [1.29, 1.82) is 0 Å². The van der Waals surface area contributed by atoms with E-state index in [0.717, 1.165) is 31.9 Å². The Balaban J connectivity index is 1.97. The Hall–Kier alpha value is -1.00. The Kier molecular flexibility index (Phi) is 3.06. The van der Waals surface area contributed by atoms with Crippen LogP contribution < -0.4 is 10.6 Å². The molecule has 14 heavy (non-hydrogen) atoms. The average Bonchev–Trinajstić information content (AvgIpc) is 2.30. The summed E-state index contributed by atoms with van der Waals surface area (Å²) in [6.07, 6.45) is 6.30. The standard InChI is InChI=1S/C10H17N3O/c1-14-9-2-3-12-10(8-9)13-6-4-11-5-7-13/h2-3,8,10-12H,4-7H2,1H3. The highest BCUT2D eigenvalue weighted by Gasteiger charge is 2.19. The maximum atomic E-state index is 5.20. The summed E-state index contributed by atoms with van der Waals surface area (Å²) in [6, 6.07) is 0. The normalized spacial score (nSPS) is 28.1. The zero-order valence-electron chi connectivity index (χ0n) is 8.49. The van der Waals surface area contributed by atoms with Crippen LogP contribution in [-0.2, 0) is 4.74 Å². The number of nitrogens with one attached hydrogen (secondary N) is 2. The van der Waals surface area contributed by atoms with E-state index in [1.165, 1.54) is 0 Å². The quantitative estimate of drug-likeness (QED) is 0.643. The van der Waals surface area contributed by atoms with Crippen LogP contribution in [0, 0.1) is 0 Å². The van der Waals surface area contributed by atoms with E-state index < -0.39 is 0 Å². The Labute approximate surface area is 84.6 Å². The lowest BCUT2D eigenvalue weighted by molar-refractivity contribution is 0.180. The first kappa shape index (κ1) is 9.55. The highest BCUT2D eigenvalue weighted by Crippen LogP contribution is 2.09. The van der Waals surface area contributed by atoms with Gasteiger partial charge in [-0.1, -0.05) is 0 Å². The van der Waals surface area contributed by atoms with E-state index in [2.05, 4.69) is 21.6 Å². The van der Waals surface area contributed by atoms with Crippen LogP contribution in [0.15, 0.2) is 24.1 Å². The first-order valence-electron chi connectivity index (χ1n) is 5.03. The molecule has 1 fully saturated rings. The summed E-state index contributed by atoms with van der Waals surface area (Å²) in [5, 5.41) is 6.65. The predicted octanol–water partition coefficient (Wildman–Crippen LogP) is -0.135. The van der Waals surface area contributed by atoms with Crippen molar-refractivity contribution in [2.45, 2.75) is 6.17 Å². The Bertz CT molecular complexity index is 244. The van der Waals surface area contributed by atoms with Gasteiger partial charge in [-0.3, -0.25) is 4.90 Å². The summed E-state index contributed by atoms with van der Waals surface area (Å²) in [6.45, 7) is 4.30. The number of allylic oxidation sites excluding steroid dienone is 1. The highest BCUT2D eigenvalue weighted by atomic mass is 16.5. The second-order valence-electron chi connectivity index (χ2n) is 3.50. The molecule has 1 unspecified atom stereocenters. The molecule has 1 atom stereocenters. The third kappa shape index (κ3) is 2.08. The molecule has 0 aromatic carbocycles. The second kappa shape index (κ2) is 4.48. The fraction of sp³-hybridized carbons (Fsp3) is 0.600. The van der Waals surface area contributed by atoms with Gasteiger partial charge in [-0.05, 0) is 12.2 Å². The third-order valence-electron chi connectivity index (χ3n) is 2.62. The molecule has 2 aliphatic heterocycles. The molecule has 0 bridgehead atoms. The number of rotatable bonds is 2. The minimum atomic E-state index is 0.289. The molecule has 78 valence electrons. The van der Waals surface area contributed by atoms with Gasteiger partial charge >= 0.3 is 0 Å². The largest absolute Gasteiger partial charge is 0.497 e. The molecule has 0 spiro atoms. The first-order valence-corrected chi connectivity index (χ1v) is 5.03. The molecule has 0 amide bonds. The maximum absolute atomic E-state index is 5.20. The summed E-state index contributed by atoms with van der Waals surface area (Å²) >= 11 is 0. The van der Waals surface area contributed by atoms with Crippen LogP contribution in [0.3, 0.4) is 0 Å². The van der Waals surface area contributed by atoms with E-state index in [4.69, 9.17) is 4.74 Å². The number of hydrogen-bond acceptors (Lipinski definition) is 4. The smallest absolute Gasteiger partial charge is 0.119 e. The van der Waals surface area contributed by atoms with Gasteiger partial charge in [-0.25, -0.2) is 0 Å². The molecule has 0 aliphatic carbocycles. The van der Waals surface area contributed by atoms with E-state index in [9.17, 15) is 0 Å². The van der Waals surface area contributed by atoms with Crippen molar-refractivity contribution in [2.24, 2.45) is 0 Å². The van der Waals surface area contributed by atoms with Crippen molar-refractivity contribution in [3.8, 4) is 0 Å². The Morgan fingerprint density at radius 3 is 2.93 bits per heavy atom. The number of hydrogen-bond donors (Lipinski definition) is 2. The molecule has 0 aromatic rings. The van der Waals surface area contributed by atoms with Crippen LogP contribution in [0.2, 0.25) is 0 Å². The molecular weight excluding hydrogens is 178 g/mol. The molecule has 2 heterocycles. The van der Waals surface area contributed by atoms with Crippen LogP contribution >= 0.6 is 0 Å². The summed E-state index contributed by atoms with van der Waals surface area (Å²) < 4.78 is 5.20. The number of piperazine rings is 1. The van der Waals surface area contributed by atoms with Gasteiger partial charge in [0.05, 0.1) is 7.11 Å². The molecular formula is C10H17N3O. The van der Waals surface area contributed by atoms with Gasteiger partial charge in [-0.2, -0.15) is 0 Å². The van der Waals surface area contributed by atoms with E-state index >= 15 is 0 Å². The van der Waals surface area contributed by atoms with Crippen molar-refractivity contribution >= 4 is 0 Å². The van der Waals surface area contributed by atoms with E-state index in [1.807, 2.05) is 12.3 Å². The number of ether oxygens (including phenoxy) is 1. The molecule has 1 saturated heterocycles. The highest BCUT2D eigenvalue weighted by molar-refractivity contribution is 5.19. The summed E-state index contributed by atoms with van der Waals surface area (Å²) in [4.78, 5) is 2.40. The lowest BCUT2D eigenvalue weighted by atomic mass is 10.2. The van der Waals surface area contributed by atoms with Gasteiger partial charge in [-0.15, -0.1) is 0 Å². The van der Waals surface area contributed by atoms with Crippen molar-refractivity contribution < 1.29 is 4.74 Å². The topological polar surface area (TPSA) is 36.5 Å². The summed E-state index contributed by atoms with van der Waals surface area (Å²) in [5.74, 6) is 0.937. The van der Waals surface area contributed by atoms with Gasteiger partial charge in [0.25, 0.3) is 0 Å². The van der Waals surface area contributed by atoms with E-state index in [-0.39, 0.29) is 6.17 Å². The van der Waals surface area contributed by atoms with Gasteiger partial charge in [0.15, 0.2) is 0 Å². The van der Waals surface area contributed by atoms with Gasteiger partial charge in [0.2, 0.25) is 0 Å². The Morgan fingerprint density at radius 2 is 2.21 bits per heavy atom. The van der Waals surface area contributed by atoms with Crippen molar-refractivity contribution in [2.75, 3.05) is 33.3 Å². The van der Waals surface area contributed by atoms with Crippen LogP contribution in [0.25, 0.3) is 0 Å². The lowest BCUT2D eigenvalue weighted by Crippen LogP contribution is -2.52. The summed E-state index contributed by atoms with van der Waals surface area (Å²) in [7, 11) is 1.70. The van der Waals surface area contributed by atoms with E-state index in [1.54, 1.807) is 7.11 Å². The number of methoxy groups -OCH3 is 1. The zero-order valence-corrected chi connectivity index (χ0v) is 8.49. The molecule has 2 rings (SSSR count). The molecule has 0 saturated carbocycles. The molecule has 4 nitrogen and oxygen atoms in total. The SMILES string of the molecule is COC1=CC(N2CCNCC2)NC=C1. The number of dihydropyridines is 1. The summed E-state index contributed by atoms with van der Waals surface area (Å²) in [5.41, 5.74) is 0. The molecule has 2 N–H and O–H groups in total. The average molecular weight is 195 g/mol. The van der Waals surface area contributed by atoms with Gasteiger partial charge in [0, 0.05) is 32.4 Å². The monoisotopic (exact) mass is 195 g/mol. The predicted molar refractivity (Wildman–Crippen MR) is 55.6 cm³/mol. The van der Waals surface area contributed by atoms with Crippen molar-refractivity contribution in [3.05, 3.63) is 24.1 Å². The minimum absolute atomic E-state index is 0.289. The Morgan fingerprint density at radius 1 is 1.43 bits per heavy atom. The zero-order chi connectivity index (χ0) is 9.80. The van der Waals surface area contributed by atoms with Crippen LogP contribution in [0.1, 0.15) is 0 Å². The van der Waals surface area contributed by atoms with Crippen LogP contribution in [0.4, 0.5) is 0 Å². The van der Waals surface area contributed by atoms with E-state index in [0.29, 0.717) is 0 Å². The number of nitrogens with zero attached hydrogens (tertiary/aromatic N) is 1. The maximum Gasteiger partial charge on any atom is 0.119 e. The molecule has 0 radical (unpaired) electrons. The van der Waals surface area contributed by atoms with Gasteiger partial charge in [0.1, 0.15) is 11.9 Å². The van der Waals surface area contributed by atoms with Crippen molar-refractivity contribution in [3.63, 3.8) is 0 Å². The lowest BCUT2D eigenvalue weighted by Gasteiger charge is -2.34.